The van der Waals surface area contributed by atoms with Crippen LogP contribution in [0.5, 0.6) is 0 Å². The molecule has 1 aliphatic carbocycles. The summed E-state index contributed by atoms with van der Waals surface area (Å²) >= 11 is 1.88. The molecule has 0 saturated heterocycles. The van der Waals surface area contributed by atoms with Gasteiger partial charge in [0.2, 0.25) is 0 Å². The maximum absolute atomic E-state index is 6.32. The number of rotatable bonds is 7. The smallest absolute Gasteiger partial charge is 0.0813 e. The van der Waals surface area contributed by atoms with Crippen LogP contribution in [0.15, 0.2) is 12.1 Å². The molecule has 0 amide bonds. The van der Waals surface area contributed by atoms with Crippen molar-refractivity contribution in [1.82, 2.24) is 5.32 Å². The standard InChI is InChI=1S/C18H31NOS/c1-5-19-11-15-7-8-16(21-15)12-20-18-10-14(4)6-9-17(18)13(2)3/h7-8,13-14,17-19H,5-6,9-12H2,1-4H3. The minimum absolute atomic E-state index is 0.452. The van der Waals surface area contributed by atoms with Crippen molar-refractivity contribution in [3.63, 3.8) is 0 Å². The summed E-state index contributed by atoms with van der Waals surface area (Å²) in [6.07, 6.45) is 4.39. The van der Waals surface area contributed by atoms with E-state index in [4.69, 9.17) is 4.74 Å². The molecule has 0 aromatic carbocycles. The van der Waals surface area contributed by atoms with Crippen LogP contribution < -0.4 is 5.32 Å². The fourth-order valence-electron chi connectivity index (χ4n) is 3.34. The van der Waals surface area contributed by atoms with Crippen molar-refractivity contribution >= 4 is 11.3 Å². The van der Waals surface area contributed by atoms with Gasteiger partial charge in [-0.05, 0) is 49.3 Å². The summed E-state index contributed by atoms with van der Waals surface area (Å²) in [5.41, 5.74) is 0. The Balaban J connectivity index is 1.86. The van der Waals surface area contributed by atoms with E-state index in [-0.39, 0.29) is 0 Å². The van der Waals surface area contributed by atoms with E-state index in [2.05, 4.69) is 45.1 Å². The first-order valence-electron chi connectivity index (χ1n) is 8.50. The van der Waals surface area contributed by atoms with Crippen LogP contribution in [0.2, 0.25) is 0 Å². The molecule has 3 atom stereocenters. The molecule has 1 fully saturated rings. The first-order valence-corrected chi connectivity index (χ1v) is 9.31. The summed E-state index contributed by atoms with van der Waals surface area (Å²) < 4.78 is 6.32. The number of hydrogen-bond donors (Lipinski definition) is 1. The molecule has 3 heteroatoms. The highest BCUT2D eigenvalue weighted by molar-refractivity contribution is 7.11. The molecule has 0 bridgehead atoms. The van der Waals surface area contributed by atoms with E-state index in [1.165, 1.54) is 29.0 Å². The minimum Gasteiger partial charge on any atom is -0.372 e. The quantitative estimate of drug-likeness (QED) is 0.778. The number of hydrogen-bond acceptors (Lipinski definition) is 3. The summed E-state index contributed by atoms with van der Waals surface area (Å²) in [4.78, 5) is 2.77. The maximum atomic E-state index is 6.32. The Morgan fingerprint density at radius 3 is 2.76 bits per heavy atom. The van der Waals surface area contributed by atoms with Crippen molar-refractivity contribution in [2.24, 2.45) is 17.8 Å². The van der Waals surface area contributed by atoms with Gasteiger partial charge in [-0.25, -0.2) is 0 Å². The summed E-state index contributed by atoms with van der Waals surface area (Å²) in [5, 5.41) is 3.38. The van der Waals surface area contributed by atoms with Gasteiger partial charge in [-0.2, -0.15) is 0 Å². The second kappa shape index (κ2) is 8.30. The highest BCUT2D eigenvalue weighted by Gasteiger charge is 2.31. The van der Waals surface area contributed by atoms with Crippen LogP contribution in [0.4, 0.5) is 0 Å². The van der Waals surface area contributed by atoms with Gasteiger partial charge in [-0.3, -0.25) is 0 Å². The maximum Gasteiger partial charge on any atom is 0.0813 e. The van der Waals surface area contributed by atoms with E-state index in [0.29, 0.717) is 6.10 Å². The van der Waals surface area contributed by atoms with Crippen LogP contribution in [0.3, 0.4) is 0 Å². The first-order chi connectivity index (χ1) is 10.1. The Morgan fingerprint density at radius 1 is 1.29 bits per heavy atom. The van der Waals surface area contributed by atoms with Gasteiger partial charge in [0.1, 0.15) is 0 Å². The summed E-state index contributed by atoms with van der Waals surface area (Å²) in [6, 6.07) is 4.46. The van der Waals surface area contributed by atoms with Crippen molar-refractivity contribution in [2.45, 2.75) is 66.2 Å². The molecule has 2 rings (SSSR count). The Kier molecular flexibility index (Phi) is 6.72. The average molecular weight is 310 g/mol. The van der Waals surface area contributed by atoms with Crippen LogP contribution in [-0.4, -0.2) is 12.6 Å². The van der Waals surface area contributed by atoms with E-state index in [0.717, 1.165) is 37.5 Å². The Morgan fingerprint density at radius 2 is 2.05 bits per heavy atom. The van der Waals surface area contributed by atoms with E-state index in [9.17, 15) is 0 Å². The molecule has 1 aromatic rings. The molecule has 0 radical (unpaired) electrons. The predicted molar refractivity (Wildman–Crippen MR) is 91.6 cm³/mol. The molecule has 1 heterocycles. The van der Waals surface area contributed by atoms with Gasteiger partial charge in [-0.1, -0.05) is 34.1 Å². The molecule has 21 heavy (non-hydrogen) atoms. The number of thiophene rings is 1. The highest BCUT2D eigenvalue weighted by atomic mass is 32.1. The van der Waals surface area contributed by atoms with Crippen LogP contribution in [0.25, 0.3) is 0 Å². The third-order valence-corrected chi connectivity index (χ3v) is 5.73. The predicted octanol–water partition coefficient (Wildman–Crippen LogP) is 4.84. The van der Waals surface area contributed by atoms with Crippen LogP contribution in [0, 0.1) is 17.8 Å². The molecule has 1 N–H and O–H groups in total. The lowest BCUT2D eigenvalue weighted by atomic mass is 9.75. The second-order valence-electron chi connectivity index (χ2n) is 6.82. The normalized spacial score (nSPS) is 26.4. The van der Waals surface area contributed by atoms with Crippen molar-refractivity contribution in [2.75, 3.05) is 6.54 Å². The van der Waals surface area contributed by atoms with Crippen molar-refractivity contribution in [1.29, 1.82) is 0 Å². The first kappa shape index (κ1) is 17.0. The third-order valence-electron chi connectivity index (χ3n) is 4.67. The fourth-order valence-corrected chi connectivity index (χ4v) is 4.25. The zero-order valence-corrected chi connectivity index (χ0v) is 14.8. The lowest BCUT2D eigenvalue weighted by molar-refractivity contribution is -0.0463. The topological polar surface area (TPSA) is 21.3 Å². The monoisotopic (exact) mass is 309 g/mol. The lowest BCUT2D eigenvalue weighted by Gasteiger charge is -2.37. The Labute approximate surface area is 134 Å². The fraction of sp³-hybridized carbons (Fsp3) is 0.778. The minimum atomic E-state index is 0.452. The van der Waals surface area contributed by atoms with Crippen LogP contribution in [0.1, 0.15) is 56.7 Å². The molecule has 1 aromatic heterocycles. The van der Waals surface area contributed by atoms with Gasteiger partial charge in [-0.15, -0.1) is 11.3 Å². The van der Waals surface area contributed by atoms with E-state index in [1.807, 2.05) is 11.3 Å². The third kappa shape index (κ3) is 5.08. The summed E-state index contributed by atoms with van der Waals surface area (Å²) in [7, 11) is 0. The van der Waals surface area contributed by atoms with Crippen LogP contribution in [-0.2, 0) is 17.9 Å². The van der Waals surface area contributed by atoms with E-state index < -0.39 is 0 Å². The molecule has 1 saturated carbocycles. The molecular formula is C18H31NOS. The highest BCUT2D eigenvalue weighted by Crippen LogP contribution is 2.36. The van der Waals surface area contributed by atoms with Gasteiger partial charge < -0.3 is 10.1 Å². The lowest BCUT2D eigenvalue weighted by Crippen LogP contribution is -2.34. The molecule has 120 valence electrons. The molecule has 0 aliphatic heterocycles. The van der Waals surface area contributed by atoms with Gasteiger partial charge in [0.15, 0.2) is 0 Å². The van der Waals surface area contributed by atoms with Gasteiger partial charge in [0, 0.05) is 16.3 Å². The molecule has 3 unspecified atom stereocenters. The average Bonchev–Trinajstić information content (AvgIpc) is 2.90. The van der Waals surface area contributed by atoms with E-state index in [1.54, 1.807) is 0 Å². The molecule has 2 nitrogen and oxygen atoms in total. The zero-order chi connectivity index (χ0) is 15.2. The van der Waals surface area contributed by atoms with Crippen molar-refractivity contribution in [3.8, 4) is 0 Å². The number of ether oxygens (including phenoxy) is 1. The Bertz CT molecular complexity index is 415. The van der Waals surface area contributed by atoms with Crippen molar-refractivity contribution < 1.29 is 4.74 Å². The van der Waals surface area contributed by atoms with Gasteiger partial charge in [0.25, 0.3) is 0 Å². The SMILES string of the molecule is CCNCc1ccc(COC2CC(C)CCC2C(C)C)s1. The molecule has 0 spiro atoms. The zero-order valence-electron chi connectivity index (χ0n) is 14.0. The molecule has 1 aliphatic rings. The summed E-state index contributed by atoms with van der Waals surface area (Å²) in [6.45, 7) is 12.0. The molecular weight excluding hydrogens is 278 g/mol. The van der Waals surface area contributed by atoms with Gasteiger partial charge in [0.05, 0.1) is 12.7 Å². The van der Waals surface area contributed by atoms with E-state index >= 15 is 0 Å². The van der Waals surface area contributed by atoms with Gasteiger partial charge >= 0.3 is 0 Å². The number of nitrogens with one attached hydrogen (secondary N) is 1. The Hall–Kier alpha value is -0.380. The largest absolute Gasteiger partial charge is 0.372 e. The van der Waals surface area contributed by atoms with Crippen molar-refractivity contribution in [3.05, 3.63) is 21.9 Å². The second-order valence-corrected chi connectivity index (χ2v) is 8.08. The summed E-state index contributed by atoms with van der Waals surface area (Å²) in [5.74, 6) is 2.29. The van der Waals surface area contributed by atoms with Crippen LogP contribution >= 0.6 is 11.3 Å².